The third-order valence-electron chi connectivity index (χ3n) is 1.47. The number of rotatable bonds is 1. The molecule has 0 aromatic rings. The average molecular weight is 185 g/mol. The molecule has 1 aliphatic rings. The van der Waals surface area contributed by atoms with Gasteiger partial charge >= 0.3 is 0 Å². The molecule has 3 heteroatoms. The molecule has 0 aromatic heterocycles. The lowest BCUT2D eigenvalue weighted by Crippen LogP contribution is -2.29. The number of hydrogen-bond donors (Lipinski definition) is 0. The van der Waals surface area contributed by atoms with Crippen LogP contribution in [0.2, 0.25) is 0 Å². The first-order valence-corrected chi connectivity index (χ1v) is 3.54. The standard InChI is InChI=1S/C5H7BrF2/c6-4-1-3(2-4)5(7)8/h3-5H,1-2H2. The van der Waals surface area contributed by atoms with Crippen LogP contribution in [0.25, 0.3) is 0 Å². The van der Waals surface area contributed by atoms with E-state index in [2.05, 4.69) is 15.9 Å². The molecule has 0 bridgehead atoms. The second-order valence-corrected chi connectivity index (χ2v) is 3.46. The molecule has 1 aliphatic carbocycles. The summed E-state index contributed by atoms with van der Waals surface area (Å²) in [7, 11) is 0. The van der Waals surface area contributed by atoms with Gasteiger partial charge in [-0.05, 0) is 12.8 Å². The summed E-state index contributed by atoms with van der Waals surface area (Å²) in [6, 6.07) is 0. The van der Waals surface area contributed by atoms with Gasteiger partial charge < -0.3 is 0 Å². The molecule has 0 unspecified atom stereocenters. The zero-order chi connectivity index (χ0) is 6.15. The Kier molecular flexibility index (Phi) is 1.85. The highest BCUT2D eigenvalue weighted by Crippen LogP contribution is 2.37. The maximum Gasteiger partial charge on any atom is 0.241 e. The van der Waals surface area contributed by atoms with E-state index in [0.717, 1.165) is 0 Å². The maximum absolute atomic E-state index is 11.6. The van der Waals surface area contributed by atoms with Crippen LogP contribution in [0.3, 0.4) is 0 Å². The van der Waals surface area contributed by atoms with Crippen molar-refractivity contribution in [2.45, 2.75) is 24.1 Å². The number of alkyl halides is 3. The summed E-state index contributed by atoms with van der Waals surface area (Å²) >= 11 is 3.24. The van der Waals surface area contributed by atoms with Crippen molar-refractivity contribution in [3.8, 4) is 0 Å². The van der Waals surface area contributed by atoms with E-state index in [0.29, 0.717) is 17.7 Å². The van der Waals surface area contributed by atoms with Gasteiger partial charge in [-0.1, -0.05) is 15.9 Å². The van der Waals surface area contributed by atoms with Crippen LogP contribution in [0.15, 0.2) is 0 Å². The summed E-state index contributed by atoms with van der Waals surface area (Å²) in [6.45, 7) is 0. The van der Waals surface area contributed by atoms with Gasteiger partial charge in [-0.15, -0.1) is 0 Å². The Morgan fingerprint density at radius 3 is 2.00 bits per heavy atom. The van der Waals surface area contributed by atoms with E-state index < -0.39 is 6.43 Å². The minimum absolute atomic E-state index is 0.320. The molecule has 0 spiro atoms. The molecule has 0 radical (unpaired) electrons. The largest absolute Gasteiger partial charge is 0.241 e. The normalized spacial score (nSPS) is 37.5. The molecular formula is C5H7BrF2. The van der Waals surface area contributed by atoms with Gasteiger partial charge in [-0.25, -0.2) is 8.78 Å². The Bertz CT molecular complexity index is 78.5. The lowest BCUT2D eigenvalue weighted by Gasteiger charge is -2.29. The van der Waals surface area contributed by atoms with Crippen LogP contribution in [-0.2, 0) is 0 Å². The van der Waals surface area contributed by atoms with Crippen molar-refractivity contribution in [1.29, 1.82) is 0 Å². The monoisotopic (exact) mass is 184 g/mol. The molecule has 0 aliphatic heterocycles. The Labute approximate surface area is 55.4 Å². The molecule has 1 fully saturated rings. The zero-order valence-corrected chi connectivity index (χ0v) is 5.87. The predicted octanol–water partition coefficient (Wildman–Crippen LogP) is 2.43. The quantitative estimate of drug-likeness (QED) is 0.550. The van der Waals surface area contributed by atoms with E-state index in [4.69, 9.17) is 0 Å². The summed E-state index contributed by atoms with van der Waals surface area (Å²) in [5.41, 5.74) is 0. The topological polar surface area (TPSA) is 0 Å². The summed E-state index contributed by atoms with van der Waals surface area (Å²) in [5.74, 6) is -0.320. The van der Waals surface area contributed by atoms with Crippen molar-refractivity contribution in [3.05, 3.63) is 0 Å². The molecule has 0 N–H and O–H groups in total. The molecule has 8 heavy (non-hydrogen) atoms. The van der Waals surface area contributed by atoms with Crippen molar-refractivity contribution >= 4 is 15.9 Å². The molecule has 0 heterocycles. The molecule has 0 amide bonds. The first-order valence-electron chi connectivity index (χ1n) is 2.62. The highest BCUT2D eigenvalue weighted by molar-refractivity contribution is 9.09. The smallest absolute Gasteiger partial charge is 0.210 e. The van der Waals surface area contributed by atoms with Gasteiger partial charge in [0.2, 0.25) is 6.43 Å². The Morgan fingerprint density at radius 1 is 1.38 bits per heavy atom. The summed E-state index contributed by atoms with van der Waals surface area (Å²) in [4.78, 5) is 0.362. The average Bonchev–Trinajstić information content (AvgIpc) is 1.57. The van der Waals surface area contributed by atoms with Gasteiger partial charge in [0, 0.05) is 10.7 Å². The van der Waals surface area contributed by atoms with Gasteiger partial charge in [-0.2, -0.15) is 0 Å². The fourth-order valence-electron chi connectivity index (χ4n) is 0.794. The molecule has 1 rings (SSSR count). The molecule has 1 saturated carbocycles. The van der Waals surface area contributed by atoms with Crippen LogP contribution in [0.5, 0.6) is 0 Å². The number of hydrogen-bond acceptors (Lipinski definition) is 0. The fourth-order valence-corrected chi connectivity index (χ4v) is 1.75. The minimum atomic E-state index is -2.09. The van der Waals surface area contributed by atoms with Crippen LogP contribution in [0.4, 0.5) is 8.78 Å². The highest BCUT2D eigenvalue weighted by atomic mass is 79.9. The first kappa shape index (κ1) is 6.46. The summed E-state index contributed by atoms with van der Waals surface area (Å²) in [5, 5.41) is 0. The molecule has 0 aromatic carbocycles. The third kappa shape index (κ3) is 1.19. The van der Waals surface area contributed by atoms with Crippen LogP contribution in [0.1, 0.15) is 12.8 Å². The van der Waals surface area contributed by atoms with Gasteiger partial charge in [0.1, 0.15) is 0 Å². The SMILES string of the molecule is FC(F)C1CC(Br)C1. The summed E-state index contributed by atoms with van der Waals surface area (Å²) < 4.78 is 23.3. The van der Waals surface area contributed by atoms with Crippen molar-refractivity contribution in [1.82, 2.24) is 0 Å². The molecule has 0 nitrogen and oxygen atoms in total. The first-order chi connectivity index (χ1) is 3.70. The Balaban J connectivity index is 2.15. The molecule has 0 atom stereocenters. The molecule has 48 valence electrons. The van der Waals surface area contributed by atoms with Crippen LogP contribution < -0.4 is 0 Å². The second-order valence-electron chi connectivity index (χ2n) is 2.16. The predicted molar refractivity (Wildman–Crippen MR) is 31.4 cm³/mol. The van der Waals surface area contributed by atoms with Crippen LogP contribution >= 0.6 is 15.9 Å². The van der Waals surface area contributed by atoms with E-state index in [1.807, 2.05) is 0 Å². The Hall–Kier alpha value is 0.340. The van der Waals surface area contributed by atoms with E-state index in [-0.39, 0.29) is 5.92 Å². The van der Waals surface area contributed by atoms with Crippen molar-refractivity contribution in [2.24, 2.45) is 5.92 Å². The van der Waals surface area contributed by atoms with Gasteiger partial charge in [-0.3, -0.25) is 0 Å². The lowest BCUT2D eigenvalue weighted by atomic mass is 9.86. The third-order valence-corrected chi connectivity index (χ3v) is 2.22. The van der Waals surface area contributed by atoms with Crippen LogP contribution in [0, 0.1) is 5.92 Å². The minimum Gasteiger partial charge on any atom is -0.210 e. The molecule has 0 saturated heterocycles. The lowest BCUT2D eigenvalue weighted by molar-refractivity contribution is 0.0388. The van der Waals surface area contributed by atoms with E-state index in [9.17, 15) is 8.78 Å². The van der Waals surface area contributed by atoms with Crippen LogP contribution in [-0.4, -0.2) is 11.3 Å². The number of halogens is 3. The second kappa shape index (κ2) is 2.29. The van der Waals surface area contributed by atoms with Gasteiger partial charge in [0.15, 0.2) is 0 Å². The van der Waals surface area contributed by atoms with E-state index in [1.54, 1.807) is 0 Å². The van der Waals surface area contributed by atoms with Crippen molar-refractivity contribution in [3.63, 3.8) is 0 Å². The van der Waals surface area contributed by atoms with E-state index >= 15 is 0 Å². The van der Waals surface area contributed by atoms with Gasteiger partial charge in [0.25, 0.3) is 0 Å². The zero-order valence-electron chi connectivity index (χ0n) is 4.28. The maximum atomic E-state index is 11.6. The van der Waals surface area contributed by atoms with Gasteiger partial charge in [0.05, 0.1) is 0 Å². The summed E-state index contributed by atoms with van der Waals surface area (Å²) in [6.07, 6.45) is -0.793. The highest BCUT2D eigenvalue weighted by Gasteiger charge is 2.33. The molecular weight excluding hydrogens is 178 g/mol. The van der Waals surface area contributed by atoms with E-state index in [1.165, 1.54) is 0 Å². The van der Waals surface area contributed by atoms with Crippen molar-refractivity contribution < 1.29 is 8.78 Å². The van der Waals surface area contributed by atoms with Crippen molar-refractivity contribution in [2.75, 3.05) is 0 Å². The fraction of sp³-hybridized carbons (Fsp3) is 1.00. The Morgan fingerprint density at radius 2 is 1.88 bits per heavy atom.